The van der Waals surface area contributed by atoms with Crippen LogP contribution in [0, 0.1) is 10.1 Å². The van der Waals surface area contributed by atoms with Gasteiger partial charge in [-0.15, -0.1) is 21.5 Å². The fourth-order valence-corrected chi connectivity index (χ4v) is 3.12. The molecule has 106 valence electrons. The first-order valence-electron chi connectivity index (χ1n) is 5.96. The number of para-hydroxylation sites is 1. The van der Waals surface area contributed by atoms with E-state index in [9.17, 15) is 10.1 Å². The van der Waals surface area contributed by atoms with Crippen LogP contribution in [-0.2, 0) is 5.75 Å². The highest BCUT2D eigenvalue weighted by Crippen LogP contribution is 2.30. The Bertz CT molecular complexity index is 756. The van der Waals surface area contributed by atoms with Gasteiger partial charge in [0.2, 0.25) is 0 Å². The zero-order valence-corrected chi connectivity index (χ0v) is 12.3. The monoisotopic (exact) mass is 319 g/mol. The molecule has 0 saturated carbocycles. The Morgan fingerprint density at radius 1 is 1.24 bits per heavy atom. The number of thiophene rings is 1. The molecule has 0 unspecified atom stereocenters. The first-order valence-corrected chi connectivity index (χ1v) is 7.83. The second-order valence-electron chi connectivity index (χ2n) is 4.02. The van der Waals surface area contributed by atoms with Gasteiger partial charge in [0.05, 0.1) is 9.80 Å². The maximum Gasteiger partial charge on any atom is 0.277 e. The van der Waals surface area contributed by atoms with Crippen LogP contribution in [0.25, 0.3) is 10.8 Å². The molecule has 6 nitrogen and oxygen atoms in total. The van der Waals surface area contributed by atoms with Gasteiger partial charge in [0, 0.05) is 17.4 Å². The Morgan fingerprint density at radius 2 is 2.10 bits per heavy atom. The van der Waals surface area contributed by atoms with Crippen LogP contribution in [0.4, 0.5) is 5.69 Å². The van der Waals surface area contributed by atoms with Crippen molar-refractivity contribution in [2.24, 2.45) is 0 Å². The molecule has 0 aliphatic carbocycles. The van der Waals surface area contributed by atoms with Gasteiger partial charge in [0.25, 0.3) is 16.8 Å². The molecule has 3 rings (SSSR count). The average molecular weight is 319 g/mol. The molecular formula is C13H9N3O3S2. The van der Waals surface area contributed by atoms with Crippen LogP contribution in [0.15, 0.2) is 51.4 Å². The molecule has 2 heterocycles. The highest BCUT2D eigenvalue weighted by Gasteiger charge is 2.15. The topological polar surface area (TPSA) is 82.1 Å². The molecule has 0 N–H and O–H groups in total. The van der Waals surface area contributed by atoms with Gasteiger partial charge in [-0.05, 0) is 11.4 Å². The summed E-state index contributed by atoms with van der Waals surface area (Å²) < 4.78 is 5.53. The summed E-state index contributed by atoms with van der Waals surface area (Å²) in [6, 6.07) is 10.4. The number of benzene rings is 1. The van der Waals surface area contributed by atoms with E-state index in [1.807, 2.05) is 17.5 Å². The third-order valence-electron chi connectivity index (χ3n) is 2.68. The third-order valence-corrected chi connectivity index (χ3v) is 4.40. The Balaban J connectivity index is 1.73. The average Bonchev–Trinajstić information content (AvgIpc) is 3.16. The Hall–Kier alpha value is -2.19. The maximum absolute atomic E-state index is 10.9. The number of aromatic nitrogens is 2. The van der Waals surface area contributed by atoms with Crippen molar-refractivity contribution in [1.29, 1.82) is 0 Å². The van der Waals surface area contributed by atoms with Gasteiger partial charge in [-0.25, -0.2) is 0 Å². The molecule has 0 bridgehead atoms. The van der Waals surface area contributed by atoms with Crippen molar-refractivity contribution in [2.45, 2.75) is 11.0 Å². The van der Waals surface area contributed by atoms with E-state index in [-0.39, 0.29) is 10.6 Å². The van der Waals surface area contributed by atoms with Crippen LogP contribution >= 0.6 is 23.1 Å². The molecule has 3 aromatic rings. The molecule has 2 aromatic heterocycles. The summed E-state index contributed by atoms with van der Waals surface area (Å²) in [7, 11) is 0. The van der Waals surface area contributed by atoms with Crippen molar-refractivity contribution < 1.29 is 9.34 Å². The summed E-state index contributed by atoms with van der Waals surface area (Å²) in [4.78, 5) is 11.5. The fraction of sp³-hybridized carbons (Fsp3) is 0.0769. The molecule has 0 atom stereocenters. The summed E-state index contributed by atoms with van der Waals surface area (Å²) in [5.74, 6) is 0.874. The molecule has 0 fully saturated rings. The standard InChI is InChI=1S/C13H9N3O3S2/c17-16(18)10-5-2-1-4-9(10)8-21-13-15-14-12(19-13)11-6-3-7-20-11/h1-7H,8H2. The summed E-state index contributed by atoms with van der Waals surface area (Å²) in [6.07, 6.45) is 0. The number of nitro benzene ring substituents is 1. The van der Waals surface area contributed by atoms with Gasteiger partial charge in [0.1, 0.15) is 0 Å². The van der Waals surface area contributed by atoms with Gasteiger partial charge in [-0.3, -0.25) is 10.1 Å². The van der Waals surface area contributed by atoms with Crippen molar-refractivity contribution >= 4 is 28.8 Å². The summed E-state index contributed by atoms with van der Waals surface area (Å²) in [5.41, 5.74) is 0.728. The molecule has 1 aromatic carbocycles. The van der Waals surface area contributed by atoms with Crippen molar-refractivity contribution in [2.75, 3.05) is 0 Å². The van der Waals surface area contributed by atoms with E-state index < -0.39 is 0 Å². The van der Waals surface area contributed by atoms with Gasteiger partial charge in [-0.2, -0.15) is 0 Å². The molecule has 0 spiro atoms. The number of hydrogen-bond acceptors (Lipinski definition) is 7. The van der Waals surface area contributed by atoms with E-state index in [1.165, 1.54) is 29.2 Å². The SMILES string of the molecule is O=[N+]([O-])c1ccccc1CSc1nnc(-c2cccs2)o1. The first kappa shape index (κ1) is 13.8. The second-order valence-corrected chi connectivity index (χ2v) is 5.90. The van der Waals surface area contributed by atoms with E-state index in [2.05, 4.69) is 10.2 Å². The van der Waals surface area contributed by atoms with Gasteiger partial charge in [-0.1, -0.05) is 36.0 Å². The molecule has 0 aliphatic heterocycles. The van der Waals surface area contributed by atoms with Crippen LogP contribution in [0.3, 0.4) is 0 Å². The van der Waals surface area contributed by atoms with Crippen molar-refractivity contribution in [3.63, 3.8) is 0 Å². The molecule has 0 amide bonds. The number of nitrogens with zero attached hydrogens (tertiary/aromatic N) is 3. The van der Waals surface area contributed by atoms with Crippen molar-refractivity contribution in [3.05, 3.63) is 57.5 Å². The molecule has 8 heteroatoms. The summed E-state index contributed by atoms with van der Waals surface area (Å²) in [5, 5.41) is 21.2. The lowest BCUT2D eigenvalue weighted by molar-refractivity contribution is -0.385. The van der Waals surface area contributed by atoms with E-state index in [0.29, 0.717) is 22.4 Å². The van der Waals surface area contributed by atoms with Crippen LogP contribution in [0.5, 0.6) is 0 Å². The molecule has 0 saturated heterocycles. The van der Waals surface area contributed by atoms with E-state index in [4.69, 9.17) is 4.42 Å². The number of thioether (sulfide) groups is 1. The Kier molecular flexibility index (Phi) is 3.98. The van der Waals surface area contributed by atoms with Crippen LogP contribution in [0.1, 0.15) is 5.56 Å². The van der Waals surface area contributed by atoms with E-state index >= 15 is 0 Å². The van der Waals surface area contributed by atoms with Crippen LogP contribution in [-0.4, -0.2) is 15.1 Å². The van der Waals surface area contributed by atoms with E-state index in [0.717, 1.165) is 4.88 Å². The minimum absolute atomic E-state index is 0.1000. The fourth-order valence-electron chi connectivity index (χ4n) is 1.72. The second kappa shape index (κ2) is 6.06. The maximum atomic E-state index is 10.9. The summed E-state index contributed by atoms with van der Waals surface area (Å²) in [6.45, 7) is 0. The zero-order valence-electron chi connectivity index (χ0n) is 10.6. The predicted molar refractivity (Wildman–Crippen MR) is 80.3 cm³/mol. The first-order chi connectivity index (χ1) is 10.2. The quantitative estimate of drug-likeness (QED) is 0.401. The van der Waals surface area contributed by atoms with Gasteiger partial charge < -0.3 is 4.42 Å². The Morgan fingerprint density at radius 3 is 2.86 bits per heavy atom. The normalized spacial score (nSPS) is 10.7. The lowest BCUT2D eigenvalue weighted by Crippen LogP contribution is -1.93. The smallest absolute Gasteiger partial charge is 0.277 e. The van der Waals surface area contributed by atoms with Crippen LogP contribution in [0.2, 0.25) is 0 Å². The molecule has 0 radical (unpaired) electrons. The van der Waals surface area contributed by atoms with Crippen molar-refractivity contribution in [3.8, 4) is 10.8 Å². The Labute approximate surface area is 128 Å². The minimum atomic E-state index is -0.388. The number of hydrogen-bond donors (Lipinski definition) is 0. The molecule has 0 aliphatic rings. The van der Waals surface area contributed by atoms with Gasteiger partial charge >= 0.3 is 0 Å². The number of nitro groups is 1. The zero-order chi connectivity index (χ0) is 14.7. The highest BCUT2D eigenvalue weighted by molar-refractivity contribution is 7.98. The number of rotatable bonds is 5. The van der Waals surface area contributed by atoms with E-state index in [1.54, 1.807) is 18.2 Å². The lowest BCUT2D eigenvalue weighted by atomic mass is 10.2. The van der Waals surface area contributed by atoms with Gasteiger partial charge in [0.15, 0.2) is 0 Å². The molecular weight excluding hydrogens is 310 g/mol. The summed E-state index contributed by atoms with van der Waals surface area (Å²) >= 11 is 2.80. The predicted octanol–water partition coefficient (Wildman–Crippen LogP) is 4.00. The minimum Gasteiger partial charge on any atom is -0.410 e. The highest BCUT2D eigenvalue weighted by atomic mass is 32.2. The molecule has 21 heavy (non-hydrogen) atoms. The van der Waals surface area contributed by atoms with Crippen molar-refractivity contribution in [1.82, 2.24) is 10.2 Å². The third kappa shape index (κ3) is 3.11. The van der Waals surface area contributed by atoms with Crippen LogP contribution < -0.4 is 0 Å². The lowest BCUT2D eigenvalue weighted by Gasteiger charge is -1.99. The largest absolute Gasteiger partial charge is 0.410 e.